The summed E-state index contributed by atoms with van der Waals surface area (Å²) in [5.41, 5.74) is 7.52. The molecule has 0 aliphatic carbocycles. The average molecular weight is 349 g/mol. The van der Waals surface area contributed by atoms with E-state index in [9.17, 15) is 18.5 Å². The van der Waals surface area contributed by atoms with E-state index in [-0.39, 0.29) is 11.4 Å². The molecule has 1 atom stereocenters. The molecule has 0 saturated heterocycles. The Hall–Kier alpha value is -2.29. The van der Waals surface area contributed by atoms with Crippen molar-refractivity contribution < 1.29 is 13.3 Å². The normalized spacial score (nSPS) is 12.8. The van der Waals surface area contributed by atoms with Crippen molar-refractivity contribution in [2.24, 2.45) is 5.73 Å². The number of sulfonamides is 1. The predicted octanol–water partition coefficient (Wildman–Crippen LogP) is 2.14. The zero-order valence-electron chi connectivity index (χ0n) is 13.2. The summed E-state index contributed by atoms with van der Waals surface area (Å²) in [6.07, 6.45) is 0.779. The molecule has 3 N–H and O–H groups in total. The molecule has 2 rings (SSSR count). The molecule has 7 nitrogen and oxygen atoms in total. The van der Waals surface area contributed by atoms with Crippen LogP contribution in [0.2, 0.25) is 0 Å². The third-order valence-corrected chi connectivity index (χ3v) is 5.15. The second kappa shape index (κ2) is 7.52. The summed E-state index contributed by atoms with van der Waals surface area (Å²) in [6.45, 7) is 1.94. The van der Waals surface area contributed by atoms with Crippen molar-refractivity contribution in [2.45, 2.75) is 24.3 Å². The first kappa shape index (κ1) is 18.1. The van der Waals surface area contributed by atoms with Gasteiger partial charge in [0.1, 0.15) is 0 Å². The Morgan fingerprint density at radius 1 is 1.17 bits per heavy atom. The van der Waals surface area contributed by atoms with Crippen molar-refractivity contribution >= 4 is 15.7 Å². The van der Waals surface area contributed by atoms with Crippen LogP contribution in [0.25, 0.3) is 0 Å². The molecule has 0 amide bonds. The van der Waals surface area contributed by atoms with Crippen molar-refractivity contribution in [1.82, 2.24) is 4.72 Å². The van der Waals surface area contributed by atoms with E-state index in [1.165, 1.54) is 18.2 Å². The lowest BCUT2D eigenvalue weighted by atomic mass is 9.99. The molecule has 0 heterocycles. The molecule has 2 aromatic carbocycles. The predicted molar refractivity (Wildman–Crippen MR) is 91.0 cm³/mol. The summed E-state index contributed by atoms with van der Waals surface area (Å²) in [7, 11) is -4.03. The maximum Gasteiger partial charge on any atom is 0.289 e. The lowest BCUT2D eigenvalue weighted by Crippen LogP contribution is -2.32. The number of aryl methyl sites for hydroxylation is 1. The Morgan fingerprint density at radius 3 is 2.46 bits per heavy atom. The molecule has 0 radical (unpaired) electrons. The lowest BCUT2D eigenvalue weighted by Gasteiger charge is -2.16. The molecule has 0 spiro atoms. The number of nitrogens with two attached hydrogens (primary N) is 1. The molecule has 8 heteroatoms. The van der Waals surface area contributed by atoms with Crippen LogP contribution in [0, 0.1) is 10.1 Å². The molecule has 24 heavy (non-hydrogen) atoms. The highest BCUT2D eigenvalue weighted by molar-refractivity contribution is 7.89. The van der Waals surface area contributed by atoms with Gasteiger partial charge in [0.2, 0.25) is 10.0 Å². The van der Waals surface area contributed by atoms with E-state index in [1.807, 2.05) is 31.2 Å². The standard InChI is InChI=1S/C16H19N3O4S/c1-2-12-7-3-4-8-13(12)14(17)11-18-24(22,23)16-10-6-5-9-15(16)19(20)21/h3-10,14,18H,2,11,17H2,1H3. The van der Waals surface area contributed by atoms with E-state index in [0.29, 0.717) is 0 Å². The fourth-order valence-corrected chi connectivity index (χ4v) is 3.67. The number of nitrogens with one attached hydrogen (secondary N) is 1. The van der Waals surface area contributed by atoms with Crippen LogP contribution in [0.3, 0.4) is 0 Å². The molecule has 0 aromatic heterocycles. The molecule has 0 bridgehead atoms. The number of benzene rings is 2. The van der Waals surface area contributed by atoms with Crippen molar-refractivity contribution in [2.75, 3.05) is 6.54 Å². The van der Waals surface area contributed by atoms with E-state index in [2.05, 4.69) is 4.72 Å². The number of nitro groups is 1. The number of hydrogen-bond donors (Lipinski definition) is 2. The summed E-state index contributed by atoms with van der Waals surface area (Å²) in [5.74, 6) is 0. The van der Waals surface area contributed by atoms with E-state index < -0.39 is 26.7 Å². The third kappa shape index (κ3) is 3.97. The first-order valence-electron chi connectivity index (χ1n) is 7.43. The van der Waals surface area contributed by atoms with Gasteiger partial charge in [-0.25, -0.2) is 13.1 Å². The van der Waals surface area contributed by atoms with Crippen LogP contribution in [0.4, 0.5) is 5.69 Å². The van der Waals surface area contributed by atoms with Crippen LogP contribution >= 0.6 is 0 Å². The van der Waals surface area contributed by atoms with Gasteiger partial charge in [-0.2, -0.15) is 0 Å². The smallest absolute Gasteiger partial charge is 0.289 e. The number of hydrogen-bond acceptors (Lipinski definition) is 5. The topological polar surface area (TPSA) is 115 Å². The fourth-order valence-electron chi connectivity index (χ4n) is 2.44. The van der Waals surface area contributed by atoms with Crippen molar-refractivity contribution in [3.63, 3.8) is 0 Å². The number of para-hydroxylation sites is 1. The Balaban J connectivity index is 2.20. The summed E-state index contributed by atoms with van der Waals surface area (Å²) >= 11 is 0. The molecular weight excluding hydrogens is 330 g/mol. The molecular formula is C16H19N3O4S. The van der Waals surface area contributed by atoms with Gasteiger partial charge in [0.15, 0.2) is 4.90 Å². The first-order valence-corrected chi connectivity index (χ1v) is 8.91. The number of nitro benzene ring substituents is 1. The summed E-state index contributed by atoms with van der Waals surface area (Å²) in [5, 5.41) is 11.0. The van der Waals surface area contributed by atoms with Gasteiger partial charge in [0.25, 0.3) is 5.69 Å². The van der Waals surface area contributed by atoms with Crippen LogP contribution < -0.4 is 10.5 Å². The van der Waals surface area contributed by atoms with E-state index >= 15 is 0 Å². The summed E-state index contributed by atoms with van der Waals surface area (Å²) < 4.78 is 27.1. The minimum absolute atomic E-state index is 0.0502. The van der Waals surface area contributed by atoms with Crippen molar-refractivity contribution in [1.29, 1.82) is 0 Å². The molecule has 0 aliphatic rings. The van der Waals surface area contributed by atoms with E-state index in [1.54, 1.807) is 0 Å². The third-order valence-electron chi connectivity index (χ3n) is 3.68. The van der Waals surface area contributed by atoms with Crippen LogP contribution in [0.5, 0.6) is 0 Å². The zero-order valence-corrected chi connectivity index (χ0v) is 14.0. The van der Waals surface area contributed by atoms with Crippen molar-refractivity contribution in [3.8, 4) is 0 Å². The molecule has 0 fully saturated rings. The van der Waals surface area contributed by atoms with Gasteiger partial charge < -0.3 is 5.73 Å². The monoisotopic (exact) mass is 349 g/mol. The molecule has 128 valence electrons. The molecule has 2 aromatic rings. The highest BCUT2D eigenvalue weighted by atomic mass is 32.2. The largest absolute Gasteiger partial charge is 0.323 e. The van der Waals surface area contributed by atoms with Crippen LogP contribution in [0.15, 0.2) is 53.4 Å². The molecule has 0 saturated carbocycles. The van der Waals surface area contributed by atoms with Gasteiger partial charge in [-0.1, -0.05) is 43.3 Å². The fraction of sp³-hybridized carbons (Fsp3) is 0.250. The van der Waals surface area contributed by atoms with Gasteiger partial charge in [-0.3, -0.25) is 10.1 Å². The van der Waals surface area contributed by atoms with Crippen LogP contribution in [-0.4, -0.2) is 19.9 Å². The quantitative estimate of drug-likeness (QED) is 0.587. The number of rotatable bonds is 7. The van der Waals surface area contributed by atoms with Gasteiger partial charge in [0, 0.05) is 18.7 Å². The minimum Gasteiger partial charge on any atom is -0.323 e. The minimum atomic E-state index is -4.03. The lowest BCUT2D eigenvalue weighted by molar-refractivity contribution is -0.387. The number of nitrogens with zero attached hydrogens (tertiary/aromatic N) is 1. The maximum atomic E-state index is 12.4. The second-order valence-electron chi connectivity index (χ2n) is 5.24. The molecule has 1 unspecified atom stereocenters. The van der Waals surface area contributed by atoms with Crippen LogP contribution in [-0.2, 0) is 16.4 Å². The van der Waals surface area contributed by atoms with E-state index in [4.69, 9.17) is 5.73 Å². The zero-order chi connectivity index (χ0) is 17.7. The van der Waals surface area contributed by atoms with Gasteiger partial charge in [0.05, 0.1) is 4.92 Å². The van der Waals surface area contributed by atoms with Gasteiger partial charge in [-0.05, 0) is 23.6 Å². The van der Waals surface area contributed by atoms with Gasteiger partial charge >= 0.3 is 0 Å². The Bertz CT molecular complexity index is 837. The Labute approximate surface area is 140 Å². The first-order chi connectivity index (χ1) is 11.4. The Morgan fingerprint density at radius 2 is 1.79 bits per heavy atom. The van der Waals surface area contributed by atoms with Gasteiger partial charge in [-0.15, -0.1) is 0 Å². The van der Waals surface area contributed by atoms with E-state index in [0.717, 1.165) is 23.6 Å². The molecule has 0 aliphatic heterocycles. The van der Waals surface area contributed by atoms with Crippen LogP contribution in [0.1, 0.15) is 24.1 Å². The summed E-state index contributed by atoms with van der Waals surface area (Å²) in [4.78, 5) is 9.91. The van der Waals surface area contributed by atoms with Crippen molar-refractivity contribution in [3.05, 3.63) is 69.8 Å². The Kier molecular flexibility index (Phi) is 5.66. The highest BCUT2D eigenvalue weighted by Crippen LogP contribution is 2.23. The second-order valence-corrected chi connectivity index (χ2v) is 6.97. The SMILES string of the molecule is CCc1ccccc1C(N)CNS(=O)(=O)c1ccccc1[N+](=O)[O-]. The highest BCUT2D eigenvalue weighted by Gasteiger charge is 2.25. The summed E-state index contributed by atoms with van der Waals surface area (Å²) in [6, 6.07) is 12.2. The maximum absolute atomic E-state index is 12.4. The average Bonchev–Trinajstić information content (AvgIpc) is 2.59.